The zero-order chi connectivity index (χ0) is 13.7. The zero-order valence-electron chi connectivity index (χ0n) is 10.1. The Morgan fingerprint density at radius 2 is 2.17 bits per heavy atom. The number of alkyl halides is 2. The van der Waals surface area contributed by atoms with Gasteiger partial charge in [-0.1, -0.05) is 6.07 Å². The molecule has 0 radical (unpaired) electrons. The molecule has 0 fully saturated rings. The van der Waals surface area contributed by atoms with Crippen molar-refractivity contribution in [3.05, 3.63) is 29.8 Å². The fourth-order valence-corrected chi connectivity index (χ4v) is 1.33. The molecule has 0 spiro atoms. The molecule has 100 valence electrons. The second-order valence-corrected chi connectivity index (χ2v) is 3.85. The second-order valence-electron chi connectivity index (χ2n) is 3.85. The van der Waals surface area contributed by atoms with Gasteiger partial charge in [0.15, 0.2) is 0 Å². The summed E-state index contributed by atoms with van der Waals surface area (Å²) in [7, 11) is 1.53. The molecule has 1 aromatic carbocycles. The molecule has 1 amide bonds. The molecular weight excluding hydrogens is 244 g/mol. The lowest BCUT2D eigenvalue weighted by Gasteiger charge is -2.23. The van der Waals surface area contributed by atoms with E-state index in [9.17, 15) is 13.6 Å². The number of amides is 1. The highest BCUT2D eigenvalue weighted by molar-refractivity contribution is 5.94. The summed E-state index contributed by atoms with van der Waals surface area (Å²) in [6.07, 6.45) is 0. The number of halogens is 2. The molecule has 0 aliphatic heterocycles. The number of rotatable bonds is 5. The van der Waals surface area contributed by atoms with Gasteiger partial charge in [-0.25, -0.2) is 0 Å². The summed E-state index contributed by atoms with van der Waals surface area (Å²) in [5.74, 6) is -0.433. The van der Waals surface area contributed by atoms with E-state index in [0.717, 1.165) is 0 Å². The van der Waals surface area contributed by atoms with E-state index in [-0.39, 0.29) is 29.9 Å². The minimum absolute atomic E-state index is 0.0686. The van der Waals surface area contributed by atoms with Crippen LogP contribution < -0.4 is 4.74 Å². The van der Waals surface area contributed by atoms with Crippen molar-refractivity contribution >= 4 is 5.91 Å². The second kappa shape index (κ2) is 6.30. The predicted molar refractivity (Wildman–Crippen MR) is 61.7 cm³/mol. The van der Waals surface area contributed by atoms with Crippen LogP contribution in [-0.4, -0.2) is 42.2 Å². The number of hydrogen-bond donors (Lipinski definition) is 1. The number of aliphatic hydroxyl groups is 1. The average Bonchev–Trinajstić information content (AvgIpc) is 2.35. The third-order valence-corrected chi connectivity index (χ3v) is 2.55. The van der Waals surface area contributed by atoms with Crippen molar-refractivity contribution in [2.45, 2.75) is 19.6 Å². The summed E-state index contributed by atoms with van der Waals surface area (Å²) >= 11 is 0. The first-order valence-electron chi connectivity index (χ1n) is 5.38. The maximum atomic E-state index is 12.0. The Morgan fingerprint density at radius 3 is 2.72 bits per heavy atom. The third kappa shape index (κ3) is 3.66. The van der Waals surface area contributed by atoms with Crippen LogP contribution in [0.1, 0.15) is 17.3 Å². The molecule has 1 rings (SSSR count). The van der Waals surface area contributed by atoms with Crippen LogP contribution in [-0.2, 0) is 0 Å². The van der Waals surface area contributed by atoms with Gasteiger partial charge in [-0.2, -0.15) is 8.78 Å². The quantitative estimate of drug-likeness (QED) is 0.876. The molecule has 0 aromatic heterocycles. The van der Waals surface area contributed by atoms with Crippen LogP contribution in [0.2, 0.25) is 0 Å². The highest BCUT2D eigenvalue weighted by Crippen LogP contribution is 2.17. The Kier molecular flexibility index (Phi) is 5.03. The number of aliphatic hydroxyl groups excluding tert-OH is 1. The number of hydrogen-bond acceptors (Lipinski definition) is 3. The van der Waals surface area contributed by atoms with Crippen molar-refractivity contribution in [1.29, 1.82) is 0 Å². The molecule has 18 heavy (non-hydrogen) atoms. The fraction of sp³-hybridized carbons (Fsp3) is 0.417. The van der Waals surface area contributed by atoms with Gasteiger partial charge in [0.25, 0.3) is 5.91 Å². The van der Waals surface area contributed by atoms with Gasteiger partial charge < -0.3 is 14.7 Å². The Labute approximate surface area is 104 Å². The summed E-state index contributed by atoms with van der Waals surface area (Å²) in [5, 5.41) is 8.96. The molecule has 0 saturated carbocycles. The summed E-state index contributed by atoms with van der Waals surface area (Å²) in [6, 6.07) is 5.20. The summed E-state index contributed by atoms with van der Waals surface area (Å²) in [5.41, 5.74) is 0.232. The molecule has 1 N–H and O–H groups in total. The van der Waals surface area contributed by atoms with E-state index in [1.807, 2.05) is 0 Å². The van der Waals surface area contributed by atoms with E-state index in [2.05, 4.69) is 4.74 Å². The first-order valence-corrected chi connectivity index (χ1v) is 5.38. The van der Waals surface area contributed by atoms with Crippen LogP contribution in [0.3, 0.4) is 0 Å². The molecule has 6 heteroatoms. The van der Waals surface area contributed by atoms with E-state index in [0.29, 0.717) is 0 Å². The van der Waals surface area contributed by atoms with Crippen LogP contribution in [0.5, 0.6) is 5.75 Å². The van der Waals surface area contributed by atoms with E-state index < -0.39 is 6.61 Å². The van der Waals surface area contributed by atoms with Crippen molar-refractivity contribution in [2.24, 2.45) is 0 Å². The Hall–Kier alpha value is -1.69. The lowest BCUT2D eigenvalue weighted by atomic mass is 10.1. The van der Waals surface area contributed by atoms with Gasteiger partial charge >= 0.3 is 6.61 Å². The highest BCUT2D eigenvalue weighted by Gasteiger charge is 2.17. The standard InChI is InChI=1S/C12H15F2NO3/c1-8(7-16)15(2)11(17)9-4-3-5-10(6-9)18-12(13)14/h3-6,8,12,16H,7H2,1-2H3. The minimum atomic E-state index is -2.93. The van der Waals surface area contributed by atoms with Gasteiger partial charge in [0.2, 0.25) is 0 Å². The SMILES string of the molecule is CC(CO)N(C)C(=O)c1cccc(OC(F)F)c1. The molecule has 1 aromatic rings. The fourth-order valence-electron chi connectivity index (χ4n) is 1.33. The minimum Gasteiger partial charge on any atom is -0.435 e. The van der Waals surface area contributed by atoms with Crippen LogP contribution in [0.15, 0.2) is 24.3 Å². The molecule has 0 aliphatic rings. The first kappa shape index (κ1) is 14.4. The van der Waals surface area contributed by atoms with Gasteiger partial charge in [-0.15, -0.1) is 0 Å². The summed E-state index contributed by atoms with van der Waals surface area (Å²) < 4.78 is 28.3. The maximum Gasteiger partial charge on any atom is 0.387 e. The lowest BCUT2D eigenvalue weighted by molar-refractivity contribution is -0.0499. The lowest BCUT2D eigenvalue weighted by Crippen LogP contribution is -2.37. The number of carbonyl (C=O) groups excluding carboxylic acids is 1. The monoisotopic (exact) mass is 259 g/mol. The molecule has 4 nitrogen and oxygen atoms in total. The molecule has 1 unspecified atom stereocenters. The van der Waals surface area contributed by atoms with Crippen molar-refractivity contribution < 1.29 is 23.4 Å². The van der Waals surface area contributed by atoms with E-state index in [1.165, 1.54) is 36.2 Å². The predicted octanol–water partition coefficient (Wildman–Crippen LogP) is 1.74. The van der Waals surface area contributed by atoms with Crippen molar-refractivity contribution in [3.8, 4) is 5.75 Å². The Balaban J connectivity index is 2.86. The smallest absolute Gasteiger partial charge is 0.387 e. The molecular formula is C12H15F2NO3. The van der Waals surface area contributed by atoms with E-state index in [1.54, 1.807) is 6.92 Å². The van der Waals surface area contributed by atoms with Crippen LogP contribution in [0, 0.1) is 0 Å². The number of nitrogens with zero attached hydrogens (tertiary/aromatic N) is 1. The number of benzene rings is 1. The maximum absolute atomic E-state index is 12.0. The first-order chi connectivity index (χ1) is 8.45. The molecule has 0 saturated heterocycles. The normalized spacial score (nSPS) is 12.3. The average molecular weight is 259 g/mol. The van der Waals surface area contributed by atoms with Crippen molar-refractivity contribution in [1.82, 2.24) is 4.90 Å². The van der Waals surface area contributed by atoms with Crippen LogP contribution in [0.25, 0.3) is 0 Å². The summed E-state index contributed by atoms with van der Waals surface area (Å²) in [4.78, 5) is 13.3. The Bertz CT molecular complexity index is 412. The number of carbonyl (C=O) groups is 1. The largest absolute Gasteiger partial charge is 0.435 e. The zero-order valence-corrected chi connectivity index (χ0v) is 10.1. The van der Waals surface area contributed by atoms with Gasteiger partial charge in [0.05, 0.1) is 12.6 Å². The van der Waals surface area contributed by atoms with Gasteiger partial charge in [-0.05, 0) is 25.1 Å². The van der Waals surface area contributed by atoms with Gasteiger partial charge in [0, 0.05) is 12.6 Å². The number of ether oxygens (including phenoxy) is 1. The van der Waals surface area contributed by atoms with E-state index >= 15 is 0 Å². The molecule has 0 bridgehead atoms. The highest BCUT2D eigenvalue weighted by atomic mass is 19.3. The van der Waals surface area contributed by atoms with Crippen molar-refractivity contribution in [2.75, 3.05) is 13.7 Å². The van der Waals surface area contributed by atoms with Crippen molar-refractivity contribution in [3.63, 3.8) is 0 Å². The topological polar surface area (TPSA) is 49.8 Å². The molecule has 0 aliphatic carbocycles. The van der Waals surface area contributed by atoms with Crippen LogP contribution >= 0.6 is 0 Å². The third-order valence-electron chi connectivity index (χ3n) is 2.55. The molecule has 0 heterocycles. The number of likely N-dealkylation sites (N-methyl/N-ethyl adjacent to an activating group) is 1. The van der Waals surface area contributed by atoms with Gasteiger partial charge in [0.1, 0.15) is 5.75 Å². The Morgan fingerprint density at radius 1 is 1.50 bits per heavy atom. The van der Waals surface area contributed by atoms with Crippen LogP contribution in [0.4, 0.5) is 8.78 Å². The van der Waals surface area contributed by atoms with E-state index in [4.69, 9.17) is 5.11 Å². The summed E-state index contributed by atoms with van der Waals surface area (Å²) in [6.45, 7) is -1.42. The van der Waals surface area contributed by atoms with Gasteiger partial charge in [-0.3, -0.25) is 4.79 Å². The molecule has 1 atom stereocenters.